The summed E-state index contributed by atoms with van der Waals surface area (Å²) in [7, 11) is 0. The molecule has 1 fully saturated rings. The number of aromatic nitrogens is 1. The predicted molar refractivity (Wildman–Crippen MR) is 45.4 cm³/mol. The monoisotopic (exact) mass is 183 g/mol. The van der Waals surface area contributed by atoms with Gasteiger partial charge in [-0.2, -0.15) is 0 Å². The molecule has 0 bridgehead atoms. The zero-order valence-electron chi connectivity index (χ0n) is 6.70. The second-order valence-electron chi connectivity index (χ2n) is 3.18. The molecule has 0 spiro atoms. The molecule has 64 valence electrons. The van der Waals surface area contributed by atoms with E-state index >= 15 is 0 Å². The quantitative estimate of drug-likeness (QED) is 0.757. The maximum atomic E-state index is 10.9. The first-order valence-corrected chi connectivity index (χ1v) is 4.69. The average Bonchev–Trinajstić information content (AvgIpc) is 2.71. The van der Waals surface area contributed by atoms with E-state index in [0.29, 0.717) is 0 Å². The van der Waals surface area contributed by atoms with E-state index in [1.165, 1.54) is 11.3 Å². The SMILES string of the molecule is Cc1csc(C2(C(=O)O)CC2)n1. The number of carbonyl (C=O) groups is 1. The second-order valence-corrected chi connectivity index (χ2v) is 4.04. The Morgan fingerprint density at radius 2 is 2.42 bits per heavy atom. The molecule has 0 saturated heterocycles. The first kappa shape index (κ1) is 7.73. The molecule has 0 aliphatic heterocycles. The molecule has 0 atom stereocenters. The van der Waals surface area contributed by atoms with Gasteiger partial charge in [-0.15, -0.1) is 11.3 Å². The summed E-state index contributed by atoms with van der Waals surface area (Å²) in [5.74, 6) is -0.725. The zero-order chi connectivity index (χ0) is 8.77. The Labute approximate surface area is 74.1 Å². The van der Waals surface area contributed by atoms with Crippen molar-refractivity contribution < 1.29 is 9.90 Å². The summed E-state index contributed by atoms with van der Waals surface area (Å²) in [6.45, 7) is 1.89. The van der Waals surface area contributed by atoms with Crippen LogP contribution in [0.4, 0.5) is 0 Å². The van der Waals surface area contributed by atoms with Crippen molar-refractivity contribution in [3.05, 3.63) is 16.1 Å². The van der Waals surface area contributed by atoms with Gasteiger partial charge in [0, 0.05) is 11.1 Å². The third kappa shape index (κ3) is 0.948. The van der Waals surface area contributed by atoms with Crippen LogP contribution in [0.2, 0.25) is 0 Å². The summed E-state index contributed by atoms with van der Waals surface area (Å²) < 4.78 is 0. The molecule has 1 saturated carbocycles. The minimum absolute atomic E-state index is 0.612. The largest absolute Gasteiger partial charge is 0.481 e. The molecular formula is C8H9NO2S. The van der Waals surface area contributed by atoms with Crippen LogP contribution in [-0.4, -0.2) is 16.1 Å². The second kappa shape index (κ2) is 2.29. The van der Waals surface area contributed by atoms with Crippen molar-refractivity contribution in [1.82, 2.24) is 4.98 Å². The van der Waals surface area contributed by atoms with E-state index in [1.807, 2.05) is 12.3 Å². The van der Waals surface area contributed by atoms with Crippen molar-refractivity contribution in [3.63, 3.8) is 0 Å². The number of rotatable bonds is 2. The van der Waals surface area contributed by atoms with Gasteiger partial charge in [0.25, 0.3) is 0 Å². The lowest BCUT2D eigenvalue weighted by Gasteiger charge is -2.03. The van der Waals surface area contributed by atoms with Crippen LogP contribution in [0.15, 0.2) is 5.38 Å². The first-order valence-electron chi connectivity index (χ1n) is 3.81. The van der Waals surface area contributed by atoms with Gasteiger partial charge in [-0.1, -0.05) is 0 Å². The normalized spacial score (nSPS) is 19.1. The lowest BCUT2D eigenvalue weighted by Crippen LogP contribution is -2.19. The number of thiazole rings is 1. The summed E-state index contributed by atoms with van der Waals surface area (Å²) in [6, 6.07) is 0. The zero-order valence-corrected chi connectivity index (χ0v) is 7.52. The van der Waals surface area contributed by atoms with Crippen LogP contribution < -0.4 is 0 Å². The van der Waals surface area contributed by atoms with Gasteiger partial charge < -0.3 is 5.11 Å². The lowest BCUT2D eigenvalue weighted by molar-refractivity contribution is -0.140. The molecule has 0 aromatic carbocycles. The Bertz CT molecular complexity index is 328. The first-order chi connectivity index (χ1) is 5.65. The molecule has 2 rings (SSSR count). The van der Waals surface area contributed by atoms with Crippen molar-refractivity contribution in [2.75, 3.05) is 0 Å². The maximum Gasteiger partial charge on any atom is 0.316 e. The molecule has 4 heteroatoms. The van der Waals surface area contributed by atoms with E-state index in [0.717, 1.165) is 23.5 Å². The summed E-state index contributed by atoms with van der Waals surface area (Å²) >= 11 is 1.46. The smallest absolute Gasteiger partial charge is 0.316 e. The number of hydrogen-bond acceptors (Lipinski definition) is 3. The van der Waals surface area contributed by atoms with Gasteiger partial charge in [-0.05, 0) is 19.8 Å². The Morgan fingerprint density at radius 1 is 1.75 bits per heavy atom. The van der Waals surface area contributed by atoms with Crippen LogP contribution in [0.25, 0.3) is 0 Å². The van der Waals surface area contributed by atoms with Gasteiger partial charge in [-0.25, -0.2) is 4.98 Å². The number of aliphatic carboxylic acids is 1. The highest BCUT2D eigenvalue weighted by molar-refractivity contribution is 7.10. The van der Waals surface area contributed by atoms with Crippen molar-refractivity contribution in [3.8, 4) is 0 Å². The van der Waals surface area contributed by atoms with Gasteiger partial charge >= 0.3 is 5.97 Å². The molecule has 0 radical (unpaired) electrons. The number of aryl methyl sites for hydroxylation is 1. The number of hydrogen-bond donors (Lipinski definition) is 1. The van der Waals surface area contributed by atoms with E-state index in [-0.39, 0.29) is 0 Å². The van der Waals surface area contributed by atoms with Gasteiger partial charge in [0.05, 0.1) is 0 Å². The fraction of sp³-hybridized carbons (Fsp3) is 0.500. The highest BCUT2D eigenvalue weighted by Gasteiger charge is 2.54. The highest BCUT2D eigenvalue weighted by atomic mass is 32.1. The Morgan fingerprint density at radius 3 is 2.75 bits per heavy atom. The molecule has 1 aliphatic rings. The van der Waals surface area contributed by atoms with Gasteiger partial charge in [0.15, 0.2) is 0 Å². The number of carboxylic acid groups (broad SMARTS) is 1. The Kier molecular flexibility index (Phi) is 1.48. The molecule has 1 aliphatic carbocycles. The van der Waals surface area contributed by atoms with E-state index in [4.69, 9.17) is 5.11 Å². The van der Waals surface area contributed by atoms with Crippen molar-refractivity contribution >= 4 is 17.3 Å². The molecule has 3 nitrogen and oxygen atoms in total. The van der Waals surface area contributed by atoms with Crippen LogP contribution in [-0.2, 0) is 10.2 Å². The molecule has 0 amide bonds. The lowest BCUT2D eigenvalue weighted by atomic mass is 10.1. The maximum absolute atomic E-state index is 10.9. The molecule has 1 heterocycles. The van der Waals surface area contributed by atoms with Crippen LogP contribution in [0.5, 0.6) is 0 Å². The molecule has 1 aromatic heterocycles. The predicted octanol–water partition coefficient (Wildman–Crippen LogP) is 1.57. The van der Waals surface area contributed by atoms with E-state index in [9.17, 15) is 4.79 Å². The molecular weight excluding hydrogens is 174 g/mol. The molecule has 1 aromatic rings. The topological polar surface area (TPSA) is 50.2 Å². The summed E-state index contributed by atoms with van der Waals surface area (Å²) in [6.07, 6.45) is 1.49. The van der Waals surface area contributed by atoms with Crippen molar-refractivity contribution in [1.29, 1.82) is 0 Å². The van der Waals surface area contributed by atoms with Crippen LogP contribution in [0.3, 0.4) is 0 Å². The fourth-order valence-electron chi connectivity index (χ4n) is 1.22. The molecule has 1 N–H and O–H groups in total. The Hall–Kier alpha value is -0.900. The average molecular weight is 183 g/mol. The third-order valence-corrected chi connectivity index (χ3v) is 3.35. The number of carboxylic acids is 1. The third-order valence-electron chi connectivity index (χ3n) is 2.19. The van der Waals surface area contributed by atoms with E-state index in [1.54, 1.807) is 0 Å². The standard InChI is InChI=1S/C8H9NO2S/c1-5-4-12-6(9-5)8(2-3-8)7(10)11/h4H,2-3H2,1H3,(H,10,11). The number of nitrogens with zero attached hydrogens (tertiary/aromatic N) is 1. The summed E-state index contributed by atoms with van der Waals surface area (Å²) in [5, 5.41) is 11.6. The van der Waals surface area contributed by atoms with Gasteiger partial charge in [-0.3, -0.25) is 4.79 Å². The molecule has 0 unspecified atom stereocenters. The van der Waals surface area contributed by atoms with Crippen LogP contribution >= 0.6 is 11.3 Å². The van der Waals surface area contributed by atoms with Gasteiger partial charge in [0.2, 0.25) is 0 Å². The van der Waals surface area contributed by atoms with Crippen molar-refractivity contribution in [2.24, 2.45) is 0 Å². The minimum atomic E-state index is -0.725. The fourth-order valence-corrected chi connectivity index (χ4v) is 2.27. The Balaban J connectivity index is 2.36. The molecule has 12 heavy (non-hydrogen) atoms. The minimum Gasteiger partial charge on any atom is -0.481 e. The summed E-state index contributed by atoms with van der Waals surface area (Å²) in [5.41, 5.74) is 0.307. The van der Waals surface area contributed by atoms with E-state index < -0.39 is 11.4 Å². The van der Waals surface area contributed by atoms with E-state index in [2.05, 4.69) is 4.98 Å². The van der Waals surface area contributed by atoms with Crippen molar-refractivity contribution in [2.45, 2.75) is 25.2 Å². The summed E-state index contributed by atoms with van der Waals surface area (Å²) in [4.78, 5) is 15.1. The highest BCUT2D eigenvalue weighted by Crippen LogP contribution is 2.49. The van der Waals surface area contributed by atoms with Gasteiger partial charge in [0.1, 0.15) is 10.4 Å². The van der Waals surface area contributed by atoms with Crippen LogP contribution in [0, 0.1) is 6.92 Å². The van der Waals surface area contributed by atoms with Crippen LogP contribution in [0.1, 0.15) is 23.5 Å².